The van der Waals surface area contributed by atoms with Crippen molar-refractivity contribution in [1.29, 1.82) is 0 Å². The van der Waals surface area contributed by atoms with Gasteiger partial charge in [-0.3, -0.25) is 0 Å². The number of carbonyl (C=O) groups is 2. The van der Waals surface area contributed by atoms with Gasteiger partial charge in [0.05, 0.1) is 5.69 Å². The monoisotopic (exact) mass is 358 g/mol. The first kappa shape index (κ1) is 17.3. The third-order valence-corrected chi connectivity index (χ3v) is 3.55. The summed E-state index contributed by atoms with van der Waals surface area (Å²) in [5.41, 5.74) is -0.0617. The Morgan fingerprint density at radius 1 is 1.23 bits per heavy atom. The Labute approximate surface area is 146 Å². The number of esters is 1. The van der Waals surface area contributed by atoms with Crippen LogP contribution in [-0.2, 0) is 4.79 Å². The van der Waals surface area contributed by atoms with E-state index in [-0.39, 0.29) is 23.6 Å². The van der Waals surface area contributed by atoms with Crippen LogP contribution in [0, 0.1) is 11.6 Å². The first-order valence-electron chi connectivity index (χ1n) is 7.47. The maximum atomic E-state index is 13.7. The number of hydrogen-bond donors (Lipinski definition) is 1. The number of allylic oxidation sites excluding steroid dienone is 2. The van der Waals surface area contributed by atoms with Crippen LogP contribution in [0.15, 0.2) is 60.5 Å². The Hall–Kier alpha value is -3.55. The zero-order chi connectivity index (χ0) is 18.7. The summed E-state index contributed by atoms with van der Waals surface area (Å²) in [7, 11) is 0. The van der Waals surface area contributed by atoms with Gasteiger partial charge in [-0.25, -0.2) is 23.4 Å². The molecular weight excluding hydrogens is 346 g/mol. The molecule has 2 heterocycles. The van der Waals surface area contributed by atoms with Gasteiger partial charge >= 0.3 is 11.9 Å². The van der Waals surface area contributed by atoms with E-state index < -0.39 is 29.3 Å². The molecule has 0 aliphatic carbocycles. The number of carboxylic acids is 1. The van der Waals surface area contributed by atoms with Crippen LogP contribution in [0.1, 0.15) is 10.5 Å². The average molecular weight is 358 g/mol. The number of aromatic nitrogens is 1. The first-order valence-corrected chi connectivity index (χ1v) is 7.47. The standard InChI is InChI=1S/C18H12F2N2O4/c19-11-6-7-15(12(20)10-11)26-18(25)14-4-1-2-9-22(14)13-5-3-8-21-16(13)17(23)24/h1-8,10H,9H2,(H,23,24). The molecule has 1 aliphatic rings. The lowest BCUT2D eigenvalue weighted by Crippen LogP contribution is -2.33. The van der Waals surface area contributed by atoms with Crippen molar-refractivity contribution >= 4 is 17.6 Å². The Bertz CT molecular complexity index is 941. The first-order chi connectivity index (χ1) is 12.5. The molecule has 1 aromatic carbocycles. The molecule has 6 nitrogen and oxygen atoms in total. The Morgan fingerprint density at radius 3 is 2.77 bits per heavy atom. The van der Waals surface area contributed by atoms with E-state index in [1.807, 2.05) is 0 Å². The molecule has 0 atom stereocenters. The maximum absolute atomic E-state index is 13.7. The molecule has 8 heteroatoms. The van der Waals surface area contributed by atoms with Gasteiger partial charge in [0.1, 0.15) is 11.5 Å². The van der Waals surface area contributed by atoms with Crippen LogP contribution in [0.5, 0.6) is 5.75 Å². The maximum Gasteiger partial charge on any atom is 0.360 e. The predicted molar refractivity (Wildman–Crippen MR) is 87.8 cm³/mol. The predicted octanol–water partition coefficient (Wildman–Crippen LogP) is 2.92. The van der Waals surface area contributed by atoms with Gasteiger partial charge < -0.3 is 14.7 Å². The fourth-order valence-corrected chi connectivity index (χ4v) is 2.41. The fourth-order valence-electron chi connectivity index (χ4n) is 2.41. The minimum atomic E-state index is -1.26. The number of aromatic carboxylic acids is 1. The van der Waals surface area contributed by atoms with Gasteiger partial charge in [-0.1, -0.05) is 12.2 Å². The van der Waals surface area contributed by atoms with Crippen LogP contribution in [0.4, 0.5) is 14.5 Å². The summed E-state index contributed by atoms with van der Waals surface area (Å²) >= 11 is 0. The minimum absolute atomic E-state index is 0.00766. The van der Waals surface area contributed by atoms with Gasteiger partial charge in [0.25, 0.3) is 0 Å². The molecule has 1 N–H and O–H groups in total. The van der Waals surface area contributed by atoms with Gasteiger partial charge in [-0.15, -0.1) is 0 Å². The highest BCUT2D eigenvalue weighted by Gasteiger charge is 2.26. The van der Waals surface area contributed by atoms with Gasteiger partial charge in [0, 0.05) is 18.8 Å². The van der Waals surface area contributed by atoms with Gasteiger partial charge in [-0.2, -0.15) is 0 Å². The molecule has 0 unspecified atom stereocenters. The molecule has 0 amide bonds. The number of hydrogen-bond acceptors (Lipinski definition) is 5. The number of halogens is 2. The van der Waals surface area contributed by atoms with Crippen LogP contribution in [0.3, 0.4) is 0 Å². The summed E-state index contributed by atoms with van der Waals surface area (Å²) in [6.07, 6.45) is 6.02. The highest BCUT2D eigenvalue weighted by atomic mass is 19.1. The zero-order valence-electron chi connectivity index (χ0n) is 13.2. The summed E-state index contributed by atoms with van der Waals surface area (Å²) in [4.78, 5) is 29.1. The molecule has 0 spiro atoms. The Morgan fingerprint density at radius 2 is 2.04 bits per heavy atom. The van der Waals surface area contributed by atoms with E-state index >= 15 is 0 Å². The van der Waals surface area contributed by atoms with Crippen LogP contribution in [0.2, 0.25) is 0 Å². The third kappa shape index (κ3) is 3.44. The molecule has 2 aromatic rings. The Balaban J connectivity index is 1.92. The average Bonchev–Trinajstić information content (AvgIpc) is 2.64. The van der Waals surface area contributed by atoms with Gasteiger partial charge in [-0.05, 0) is 30.3 Å². The van der Waals surface area contributed by atoms with E-state index in [4.69, 9.17) is 4.74 Å². The number of carbonyl (C=O) groups excluding carboxylic acids is 1. The fraction of sp³-hybridized carbons (Fsp3) is 0.0556. The van der Waals surface area contributed by atoms with E-state index in [1.54, 1.807) is 12.2 Å². The number of nitrogens with zero attached hydrogens (tertiary/aromatic N) is 2. The Kier molecular flexibility index (Phi) is 4.74. The van der Waals surface area contributed by atoms with Crippen molar-refractivity contribution in [3.63, 3.8) is 0 Å². The molecule has 1 aliphatic heterocycles. The van der Waals surface area contributed by atoms with Crippen LogP contribution in [0.25, 0.3) is 0 Å². The highest BCUT2D eigenvalue weighted by molar-refractivity contribution is 5.99. The van der Waals surface area contributed by atoms with Crippen molar-refractivity contribution in [2.24, 2.45) is 0 Å². The van der Waals surface area contributed by atoms with Crippen molar-refractivity contribution in [2.75, 3.05) is 11.4 Å². The lowest BCUT2D eigenvalue weighted by atomic mass is 10.2. The molecule has 0 bridgehead atoms. The van der Waals surface area contributed by atoms with E-state index in [9.17, 15) is 23.5 Å². The van der Waals surface area contributed by atoms with Crippen molar-refractivity contribution in [3.8, 4) is 5.75 Å². The summed E-state index contributed by atoms with van der Waals surface area (Å²) < 4.78 is 31.7. The van der Waals surface area contributed by atoms with Gasteiger partial charge in [0.15, 0.2) is 17.3 Å². The second kappa shape index (κ2) is 7.14. The number of rotatable bonds is 4. The van der Waals surface area contributed by atoms with E-state index in [1.165, 1.54) is 29.3 Å². The van der Waals surface area contributed by atoms with E-state index in [2.05, 4.69) is 4.98 Å². The molecule has 0 radical (unpaired) electrons. The molecule has 0 saturated carbocycles. The quantitative estimate of drug-likeness (QED) is 0.669. The van der Waals surface area contributed by atoms with Crippen molar-refractivity contribution in [1.82, 2.24) is 4.98 Å². The summed E-state index contributed by atoms with van der Waals surface area (Å²) in [5.74, 6) is -4.43. The number of ether oxygens (including phenoxy) is 1. The molecule has 0 fully saturated rings. The van der Waals surface area contributed by atoms with Crippen molar-refractivity contribution < 1.29 is 28.2 Å². The zero-order valence-corrected chi connectivity index (χ0v) is 13.2. The molecule has 3 rings (SSSR count). The number of carboxylic acid groups (broad SMARTS) is 1. The molecule has 26 heavy (non-hydrogen) atoms. The number of pyridine rings is 1. The third-order valence-electron chi connectivity index (χ3n) is 3.55. The molecule has 132 valence electrons. The summed E-state index contributed by atoms with van der Waals surface area (Å²) in [6.45, 7) is 0.193. The minimum Gasteiger partial charge on any atom is -0.476 e. The molecule has 1 aromatic heterocycles. The number of anilines is 1. The summed E-state index contributed by atoms with van der Waals surface area (Å²) in [6, 6.07) is 5.58. The SMILES string of the molecule is O=C(Oc1ccc(F)cc1F)C1=CC=CCN1c1cccnc1C(=O)O. The topological polar surface area (TPSA) is 79.7 Å². The molecular formula is C18H12F2N2O4. The smallest absolute Gasteiger partial charge is 0.360 e. The van der Waals surface area contributed by atoms with Crippen molar-refractivity contribution in [3.05, 3.63) is 77.8 Å². The van der Waals surface area contributed by atoms with Crippen LogP contribution < -0.4 is 9.64 Å². The second-order valence-corrected chi connectivity index (χ2v) is 5.23. The van der Waals surface area contributed by atoms with Crippen LogP contribution in [-0.4, -0.2) is 28.6 Å². The highest BCUT2D eigenvalue weighted by Crippen LogP contribution is 2.26. The number of benzene rings is 1. The molecule has 0 saturated heterocycles. The van der Waals surface area contributed by atoms with E-state index in [0.29, 0.717) is 6.07 Å². The van der Waals surface area contributed by atoms with Crippen molar-refractivity contribution in [2.45, 2.75) is 0 Å². The lowest BCUT2D eigenvalue weighted by Gasteiger charge is -2.27. The second-order valence-electron chi connectivity index (χ2n) is 5.23. The van der Waals surface area contributed by atoms with Gasteiger partial charge in [0.2, 0.25) is 0 Å². The summed E-state index contributed by atoms with van der Waals surface area (Å²) in [5, 5.41) is 9.29. The normalized spacial score (nSPS) is 13.3. The van der Waals surface area contributed by atoms with Crippen LogP contribution >= 0.6 is 0 Å². The largest absolute Gasteiger partial charge is 0.476 e. The van der Waals surface area contributed by atoms with E-state index in [0.717, 1.165) is 12.1 Å². The lowest BCUT2D eigenvalue weighted by molar-refractivity contribution is -0.130.